The van der Waals surface area contributed by atoms with E-state index in [-0.39, 0.29) is 35.7 Å². The number of nitrogens with zero attached hydrogens (tertiary/aromatic N) is 1. The van der Waals surface area contributed by atoms with Crippen LogP contribution >= 0.6 is 23.2 Å². The summed E-state index contributed by atoms with van der Waals surface area (Å²) in [4.78, 5) is 27.9. The summed E-state index contributed by atoms with van der Waals surface area (Å²) in [5.41, 5.74) is 0.480. The van der Waals surface area contributed by atoms with Crippen LogP contribution in [0.1, 0.15) is 81.9 Å². The van der Waals surface area contributed by atoms with Crippen molar-refractivity contribution in [3.05, 3.63) is 69.7 Å². The zero-order valence-corrected chi connectivity index (χ0v) is 24.1. The van der Waals surface area contributed by atoms with Crippen molar-refractivity contribution in [1.29, 1.82) is 0 Å². The van der Waals surface area contributed by atoms with E-state index in [1.54, 1.807) is 30.0 Å². The fourth-order valence-corrected chi connectivity index (χ4v) is 8.91. The lowest BCUT2D eigenvalue weighted by molar-refractivity contribution is -0.160. The van der Waals surface area contributed by atoms with Gasteiger partial charge in [0.2, 0.25) is 5.91 Å². The van der Waals surface area contributed by atoms with Gasteiger partial charge in [0.1, 0.15) is 0 Å². The van der Waals surface area contributed by atoms with Gasteiger partial charge in [-0.1, -0.05) is 74.2 Å². The number of halogens is 2. The summed E-state index contributed by atoms with van der Waals surface area (Å²) < 4.78 is 27.0. The molecule has 1 aliphatic carbocycles. The van der Waals surface area contributed by atoms with Gasteiger partial charge in [-0.05, 0) is 61.1 Å². The molecule has 0 spiro atoms. The number of carbonyl (C=O) groups is 2. The molecule has 2 aromatic carbocycles. The van der Waals surface area contributed by atoms with E-state index < -0.39 is 33.3 Å². The first-order chi connectivity index (χ1) is 17.9. The van der Waals surface area contributed by atoms with Gasteiger partial charge >= 0.3 is 5.97 Å². The molecule has 206 valence electrons. The number of amides is 1. The number of carboxylic acid groups (broad SMARTS) is 1. The molecule has 1 saturated carbocycles. The van der Waals surface area contributed by atoms with Crippen LogP contribution in [0.2, 0.25) is 10.0 Å². The second-order valence-electron chi connectivity index (χ2n) is 11.0. The Bertz CT molecular complexity index is 1280. The highest BCUT2D eigenvalue weighted by Crippen LogP contribution is 2.52. The van der Waals surface area contributed by atoms with E-state index in [9.17, 15) is 23.1 Å². The van der Waals surface area contributed by atoms with Crippen LogP contribution in [0, 0.1) is 5.41 Å². The van der Waals surface area contributed by atoms with Crippen LogP contribution in [0.3, 0.4) is 0 Å². The summed E-state index contributed by atoms with van der Waals surface area (Å²) in [6.45, 7) is 3.57. The molecule has 1 N–H and O–H groups in total. The van der Waals surface area contributed by atoms with Gasteiger partial charge < -0.3 is 10.0 Å². The van der Waals surface area contributed by atoms with Crippen molar-refractivity contribution in [3.8, 4) is 0 Å². The molecule has 0 radical (unpaired) electrons. The molecule has 0 unspecified atom stereocenters. The van der Waals surface area contributed by atoms with Crippen molar-refractivity contribution in [3.63, 3.8) is 0 Å². The summed E-state index contributed by atoms with van der Waals surface area (Å²) in [6, 6.07) is 13.5. The van der Waals surface area contributed by atoms with Gasteiger partial charge in [-0.3, -0.25) is 9.59 Å². The summed E-state index contributed by atoms with van der Waals surface area (Å²) in [5.74, 6) is -1.84. The lowest BCUT2D eigenvalue weighted by Crippen LogP contribution is -2.57. The third-order valence-electron chi connectivity index (χ3n) is 8.23. The molecule has 0 bridgehead atoms. The lowest BCUT2D eigenvalue weighted by atomic mass is 9.67. The summed E-state index contributed by atoms with van der Waals surface area (Å²) in [6.07, 6.45) is 3.44. The van der Waals surface area contributed by atoms with Crippen molar-refractivity contribution in [2.24, 2.45) is 5.41 Å². The number of benzene rings is 2. The van der Waals surface area contributed by atoms with Crippen molar-refractivity contribution in [2.45, 2.75) is 82.0 Å². The first kappa shape index (κ1) is 28.9. The van der Waals surface area contributed by atoms with Crippen molar-refractivity contribution in [2.75, 3.05) is 5.75 Å². The molecule has 1 heterocycles. The SMILES string of the molecule is CC[C@@H](CS(=O)(=O)C1CCCC1)N1C(=O)[C@](C)(CC(=O)O)C[C@H](c2cccc(Cl)c2)[C@H]1c1ccc(Cl)cc1. The molecular weight excluding hydrogens is 545 g/mol. The van der Waals surface area contributed by atoms with Gasteiger partial charge in [-0.2, -0.15) is 0 Å². The number of carboxylic acids is 1. The van der Waals surface area contributed by atoms with Crippen LogP contribution in [0.4, 0.5) is 0 Å². The van der Waals surface area contributed by atoms with Crippen LogP contribution in [0.25, 0.3) is 0 Å². The average Bonchev–Trinajstić information content (AvgIpc) is 3.41. The number of hydrogen-bond donors (Lipinski definition) is 1. The predicted molar refractivity (Wildman–Crippen MR) is 150 cm³/mol. The summed E-state index contributed by atoms with van der Waals surface area (Å²) in [5, 5.41) is 10.5. The molecule has 2 aliphatic rings. The Kier molecular flexibility index (Phi) is 8.80. The van der Waals surface area contributed by atoms with Crippen LogP contribution in [-0.2, 0) is 19.4 Å². The number of rotatable bonds is 9. The van der Waals surface area contributed by atoms with Gasteiger partial charge in [0.15, 0.2) is 9.84 Å². The second-order valence-corrected chi connectivity index (χ2v) is 14.2. The largest absolute Gasteiger partial charge is 0.481 e. The molecule has 38 heavy (non-hydrogen) atoms. The number of sulfone groups is 1. The maximum Gasteiger partial charge on any atom is 0.304 e. The Morgan fingerprint density at radius 2 is 1.74 bits per heavy atom. The smallest absolute Gasteiger partial charge is 0.304 e. The number of piperidine rings is 1. The molecule has 4 atom stereocenters. The zero-order chi connectivity index (χ0) is 27.7. The first-order valence-corrected chi connectivity index (χ1v) is 15.7. The number of hydrogen-bond acceptors (Lipinski definition) is 4. The zero-order valence-electron chi connectivity index (χ0n) is 21.8. The van der Waals surface area contributed by atoms with E-state index in [1.807, 2.05) is 37.3 Å². The highest BCUT2D eigenvalue weighted by atomic mass is 35.5. The Balaban J connectivity index is 1.87. The number of aliphatic carboxylic acids is 1. The van der Waals surface area contributed by atoms with Crippen molar-refractivity contribution in [1.82, 2.24) is 4.90 Å². The minimum atomic E-state index is -3.46. The van der Waals surface area contributed by atoms with E-state index in [0.29, 0.717) is 29.3 Å². The standard InChI is InChI=1S/C29H35Cl2NO5S/c1-3-23(18-38(36,37)24-9-4-5-10-24)32-27(19-11-13-21(30)14-12-19)25(20-7-6-8-22(31)15-20)16-29(2,28(32)35)17-26(33)34/h6-8,11-15,23-25,27H,3-5,9-10,16-18H2,1-2H3,(H,33,34)/t23-,25+,27+,29-/m0/s1. The quantitative estimate of drug-likeness (QED) is 0.358. The van der Waals surface area contributed by atoms with E-state index in [1.165, 1.54) is 0 Å². The molecule has 6 nitrogen and oxygen atoms in total. The maximum atomic E-state index is 14.3. The van der Waals surface area contributed by atoms with E-state index in [2.05, 4.69) is 0 Å². The average molecular weight is 581 g/mol. The highest BCUT2D eigenvalue weighted by Gasteiger charge is 2.53. The Labute approximate surface area is 235 Å². The molecule has 2 fully saturated rings. The second kappa shape index (κ2) is 11.6. The van der Waals surface area contributed by atoms with Gasteiger partial charge in [0, 0.05) is 22.0 Å². The molecule has 1 aliphatic heterocycles. The monoisotopic (exact) mass is 579 g/mol. The van der Waals surface area contributed by atoms with Crippen LogP contribution in [0.15, 0.2) is 48.5 Å². The molecular formula is C29H35Cl2NO5S. The van der Waals surface area contributed by atoms with E-state index in [0.717, 1.165) is 24.0 Å². The minimum Gasteiger partial charge on any atom is -0.481 e. The molecule has 4 rings (SSSR count). The Morgan fingerprint density at radius 1 is 1.08 bits per heavy atom. The van der Waals surface area contributed by atoms with Crippen molar-refractivity contribution >= 4 is 44.9 Å². The van der Waals surface area contributed by atoms with Gasteiger partial charge in [-0.15, -0.1) is 0 Å². The lowest BCUT2D eigenvalue weighted by Gasteiger charge is -2.52. The predicted octanol–water partition coefficient (Wildman–Crippen LogP) is 6.67. The van der Waals surface area contributed by atoms with Crippen LogP contribution in [-0.4, -0.2) is 47.3 Å². The molecule has 1 saturated heterocycles. The maximum absolute atomic E-state index is 14.3. The summed E-state index contributed by atoms with van der Waals surface area (Å²) in [7, 11) is -3.46. The third kappa shape index (κ3) is 6.05. The van der Waals surface area contributed by atoms with Gasteiger partial charge in [0.05, 0.1) is 28.9 Å². The minimum absolute atomic E-state index is 0.143. The van der Waals surface area contributed by atoms with E-state index >= 15 is 0 Å². The summed E-state index contributed by atoms with van der Waals surface area (Å²) >= 11 is 12.6. The third-order valence-corrected chi connectivity index (χ3v) is 11.1. The number of likely N-dealkylation sites (tertiary alicyclic amines) is 1. The Morgan fingerprint density at radius 3 is 2.32 bits per heavy atom. The van der Waals surface area contributed by atoms with E-state index in [4.69, 9.17) is 23.2 Å². The Hall–Kier alpha value is -2.09. The fraction of sp³-hybridized carbons (Fsp3) is 0.517. The van der Waals surface area contributed by atoms with Gasteiger partial charge in [-0.25, -0.2) is 8.42 Å². The van der Waals surface area contributed by atoms with Gasteiger partial charge in [0.25, 0.3) is 0 Å². The molecule has 2 aromatic rings. The van der Waals surface area contributed by atoms with Crippen LogP contribution in [0.5, 0.6) is 0 Å². The number of carbonyl (C=O) groups excluding carboxylic acids is 1. The normalized spacial score (nSPS) is 25.5. The molecule has 1 amide bonds. The highest BCUT2D eigenvalue weighted by molar-refractivity contribution is 7.92. The fourth-order valence-electron chi connectivity index (χ4n) is 6.33. The molecule has 0 aromatic heterocycles. The first-order valence-electron chi connectivity index (χ1n) is 13.2. The van der Waals surface area contributed by atoms with Crippen molar-refractivity contribution < 1.29 is 23.1 Å². The molecule has 9 heteroatoms. The topological polar surface area (TPSA) is 91.8 Å². The van der Waals surface area contributed by atoms with Crippen LogP contribution < -0.4 is 0 Å².